The number of alkyl halides is 1. The zero-order chi connectivity index (χ0) is 8.74. The Bertz CT molecular complexity index is 238. The molecule has 0 aromatic rings. The van der Waals surface area contributed by atoms with Gasteiger partial charge >= 0.3 is 0 Å². The third-order valence-electron chi connectivity index (χ3n) is 0.945. The normalized spacial score (nSPS) is 15.5. The Kier molecular flexibility index (Phi) is 4.72. The standard InChI is InChI=1S/C6H6F3OP/c7-1-4-11(10,5-2-8)6-3-9/h1,4H,2,5H2. The molecule has 62 valence electrons. The van der Waals surface area contributed by atoms with Crippen LogP contribution >= 0.6 is 7.14 Å². The van der Waals surface area contributed by atoms with Gasteiger partial charge in [-0.1, -0.05) is 0 Å². The number of hydrogen-bond donors (Lipinski definition) is 0. The Morgan fingerprint density at radius 3 is 2.55 bits per heavy atom. The van der Waals surface area contributed by atoms with Crippen molar-refractivity contribution in [2.45, 2.75) is 0 Å². The minimum absolute atomic E-state index is 0.0131. The van der Waals surface area contributed by atoms with Crippen LogP contribution in [-0.2, 0) is 4.57 Å². The first-order valence-electron chi connectivity index (χ1n) is 2.74. The highest BCUT2D eigenvalue weighted by Gasteiger charge is 2.14. The van der Waals surface area contributed by atoms with Crippen LogP contribution in [0.2, 0.25) is 0 Å². The summed E-state index contributed by atoms with van der Waals surface area (Å²) in [6.45, 7) is -0.906. The summed E-state index contributed by atoms with van der Waals surface area (Å²) in [5.41, 5.74) is 1.63. The van der Waals surface area contributed by atoms with Gasteiger partial charge in [-0.3, -0.25) is 4.39 Å². The zero-order valence-electron chi connectivity index (χ0n) is 5.56. The predicted molar refractivity (Wildman–Crippen MR) is 37.6 cm³/mol. The molecule has 0 rings (SSSR count). The average Bonchev–Trinajstić information content (AvgIpc) is 1.88. The summed E-state index contributed by atoms with van der Waals surface area (Å²) in [5.74, 6) is 0.596. The third kappa shape index (κ3) is 3.90. The van der Waals surface area contributed by atoms with E-state index in [-0.39, 0.29) is 6.33 Å². The van der Waals surface area contributed by atoms with Gasteiger partial charge < -0.3 is 4.57 Å². The van der Waals surface area contributed by atoms with Crippen LogP contribution in [0, 0.1) is 11.8 Å². The van der Waals surface area contributed by atoms with Crippen molar-refractivity contribution in [3.63, 3.8) is 0 Å². The Balaban J connectivity index is 4.48. The van der Waals surface area contributed by atoms with Crippen LogP contribution in [-0.4, -0.2) is 12.8 Å². The van der Waals surface area contributed by atoms with E-state index < -0.39 is 20.0 Å². The van der Waals surface area contributed by atoms with Gasteiger partial charge in [-0.15, -0.1) is 4.39 Å². The molecule has 5 heteroatoms. The van der Waals surface area contributed by atoms with Crippen molar-refractivity contribution < 1.29 is 17.7 Å². The van der Waals surface area contributed by atoms with E-state index >= 15 is 0 Å². The van der Waals surface area contributed by atoms with E-state index in [1.54, 1.807) is 5.66 Å². The molecule has 0 spiro atoms. The first-order valence-corrected chi connectivity index (χ1v) is 4.70. The molecular weight excluding hydrogens is 176 g/mol. The van der Waals surface area contributed by atoms with E-state index in [4.69, 9.17) is 0 Å². The van der Waals surface area contributed by atoms with E-state index in [2.05, 4.69) is 0 Å². The molecule has 0 aromatic heterocycles. The maximum Gasteiger partial charge on any atom is 0.183 e. The smallest absolute Gasteiger partial charge is 0.183 e. The summed E-state index contributed by atoms with van der Waals surface area (Å²) >= 11 is 0. The fourth-order valence-corrected chi connectivity index (χ4v) is 1.37. The molecule has 0 saturated heterocycles. The molecule has 0 fully saturated rings. The molecule has 0 aliphatic heterocycles. The molecule has 11 heavy (non-hydrogen) atoms. The van der Waals surface area contributed by atoms with Gasteiger partial charge in [-0.25, -0.2) is 4.39 Å². The molecule has 0 N–H and O–H groups in total. The predicted octanol–water partition coefficient (Wildman–Crippen LogP) is 2.65. The molecule has 1 unspecified atom stereocenters. The summed E-state index contributed by atoms with van der Waals surface area (Å²) in [6, 6.07) is 0. The monoisotopic (exact) mass is 182 g/mol. The second-order valence-corrected chi connectivity index (χ2v) is 4.25. The Hall–Kier alpha value is -0.680. The van der Waals surface area contributed by atoms with Crippen LogP contribution in [0.4, 0.5) is 13.2 Å². The molecular formula is C6H6F3OP. The largest absolute Gasteiger partial charge is 0.305 e. The fourth-order valence-electron chi connectivity index (χ4n) is 0.456. The minimum atomic E-state index is -3.39. The highest BCUT2D eigenvalue weighted by molar-refractivity contribution is 7.72. The first kappa shape index (κ1) is 10.3. The topological polar surface area (TPSA) is 17.1 Å². The van der Waals surface area contributed by atoms with Gasteiger partial charge in [0.1, 0.15) is 6.17 Å². The molecule has 0 amide bonds. The van der Waals surface area contributed by atoms with Gasteiger partial charge in [-0.05, 0) is 0 Å². The average molecular weight is 182 g/mol. The van der Waals surface area contributed by atoms with Crippen LogP contribution in [0.3, 0.4) is 0 Å². The van der Waals surface area contributed by atoms with Crippen molar-refractivity contribution in [2.75, 3.05) is 12.8 Å². The van der Waals surface area contributed by atoms with E-state index in [9.17, 15) is 17.7 Å². The van der Waals surface area contributed by atoms with Crippen LogP contribution in [0.25, 0.3) is 0 Å². The minimum Gasteiger partial charge on any atom is -0.305 e. The molecule has 1 nitrogen and oxygen atoms in total. The molecule has 0 aliphatic rings. The van der Waals surface area contributed by atoms with E-state index in [1.807, 2.05) is 0 Å². The molecule has 0 aromatic carbocycles. The van der Waals surface area contributed by atoms with Gasteiger partial charge in [0.05, 0.1) is 13.0 Å². The van der Waals surface area contributed by atoms with Crippen LogP contribution in [0.5, 0.6) is 0 Å². The van der Waals surface area contributed by atoms with Crippen molar-refractivity contribution >= 4 is 7.14 Å². The molecule has 0 saturated carbocycles. The Morgan fingerprint density at radius 1 is 1.55 bits per heavy atom. The molecule has 0 aliphatic carbocycles. The summed E-state index contributed by atoms with van der Waals surface area (Å²) < 4.78 is 45.4. The lowest BCUT2D eigenvalue weighted by atomic mass is 10.9. The lowest BCUT2D eigenvalue weighted by Crippen LogP contribution is -1.85. The highest BCUT2D eigenvalue weighted by Crippen LogP contribution is 2.45. The Labute approximate surface area is 62.7 Å². The maximum atomic E-state index is 11.6. The lowest BCUT2D eigenvalue weighted by molar-refractivity contribution is 0.520. The second kappa shape index (κ2) is 5.03. The van der Waals surface area contributed by atoms with Crippen molar-refractivity contribution in [1.29, 1.82) is 0 Å². The number of hydrogen-bond acceptors (Lipinski definition) is 1. The van der Waals surface area contributed by atoms with Gasteiger partial charge in [0.15, 0.2) is 7.14 Å². The fraction of sp³-hybridized carbons (Fsp3) is 0.333. The molecule has 0 heterocycles. The number of halogens is 3. The Morgan fingerprint density at radius 2 is 2.18 bits per heavy atom. The van der Waals surface area contributed by atoms with Crippen molar-refractivity contribution in [2.24, 2.45) is 0 Å². The SMILES string of the molecule is O=P(C#CF)(C=CF)CCF. The van der Waals surface area contributed by atoms with E-state index in [0.717, 1.165) is 6.17 Å². The van der Waals surface area contributed by atoms with Gasteiger partial charge in [0.2, 0.25) is 0 Å². The summed E-state index contributed by atoms with van der Waals surface area (Å²) in [5, 5.41) is 0. The first-order chi connectivity index (χ1) is 5.18. The van der Waals surface area contributed by atoms with Crippen molar-refractivity contribution in [3.8, 4) is 11.8 Å². The van der Waals surface area contributed by atoms with Crippen LogP contribution < -0.4 is 0 Å². The maximum absolute atomic E-state index is 11.6. The van der Waals surface area contributed by atoms with Crippen LogP contribution in [0.1, 0.15) is 0 Å². The third-order valence-corrected chi connectivity index (χ3v) is 2.84. The number of rotatable bonds is 3. The molecule has 0 bridgehead atoms. The summed E-state index contributed by atoms with van der Waals surface area (Å²) in [7, 11) is -3.39. The van der Waals surface area contributed by atoms with E-state index in [1.165, 1.54) is 0 Å². The quantitative estimate of drug-likeness (QED) is 0.484. The van der Waals surface area contributed by atoms with Crippen molar-refractivity contribution in [1.82, 2.24) is 0 Å². The van der Waals surface area contributed by atoms with Crippen LogP contribution in [0.15, 0.2) is 12.1 Å². The van der Waals surface area contributed by atoms with Gasteiger partial charge in [-0.2, -0.15) is 0 Å². The van der Waals surface area contributed by atoms with Gasteiger partial charge in [0, 0.05) is 17.6 Å². The second-order valence-electron chi connectivity index (χ2n) is 1.69. The van der Waals surface area contributed by atoms with E-state index in [0.29, 0.717) is 5.82 Å². The zero-order valence-corrected chi connectivity index (χ0v) is 6.45. The summed E-state index contributed by atoms with van der Waals surface area (Å²) in [6.07, 6.45) is 0.427. The molecule has 1 atom stereocenters. The lowest BCUT2D eigenvalue weighted by Gasteiger charge is -1.99. The molecule has 0 radical (unpaired) electrons. The van der Waals surface area contributed by atoms with Gasteiger partial charge in [0.25, 0.3) is 0 Å². The van der Waals surface area contributed by atoms with Crippen molar-refractivity contribution in [3.05, 3.63) is 12.1 Å². The summed E-state index contributed by atoms with van der Waals surface area (Å²) in [4.78, 5) is 0. The highest BCUT2D eigenvalue weighted by atomic mass is 31.2.